The number of fused-ring (bicyclic) bond motifs is 1. The monoisotopic (exact) mass is 373 g/mol. The summed E-state index contributed by atoms with van der Waals surface area (Å²) in [6.45, 7) is 7.87. The van der Waals surface area contributed by atoms with Gasteiger partial charge < -0.3 is 10.1 Å². The molecular formula is C19H23N3O3S. The van der Waals surface area contributed by atoms with Gasteiger partial charge in [0.05, 0.1) is 16.4 Å². The zero-order valence-electron chi connectivity index (χ0n) is 15.5. The van der Waals surface area contributed by atoms with Crippen LogP contribution >= 0.6 is 11.3 Å². The fraction of sp³-hybridized carbons (Fsp3) is 0.421. The number of anilines is 1. The van der Waals surface area contributed by atoms with Crippen molar-refractivity contribution in [3.63, 3.8) is 0 Å². The van der Waals surface area contributed by atoms with Crippen LogP contribution in [-0.2, 0) is 9.59 Å². The number of carbonyl (C=O) groups is 2. The van der Waals surface area contributed by atoms with E-state index in [0.29, 0.717) is 11.4 Å². The summed E-state index contributed by atoms with van der Waals surface area (Å²) in [4.78, 5) is 31.9. The molecular weight excluding hydrogens is 350 g/mol. The van der Waals surface area contributed by atoms with Crippen molar-refractivity contribution in [2.24, 2.45) is 0 Å². The highest BCUT2D eigenvalue weighted by Crippen LogP contribution is 2.37. The van der Waals surface area contributed by atoms with Crippen molar-refractivity contribution < 1.29 is 14.3 Å². The molecule has 26 heavy (non-hydrogen) atoms. The minimum Gasteiger partial charge on any atom is -0.482 e. The smallest absolute Gasteiger partial charge is 0.265 e. The van der Waals surface area contributed by atoms with Gasteiger partial charge in [0.2, 0.25) is 5.91 Å². The van der Waals surface area contributed by atoms with Crippen LogP contribution in [0.25, 0.3) is 11.3 Å². The topological polar surface area (TPSA) is 71.5 Å². The number of nitrogens with zero attached hydrogens (tertiary/aromatic N) is 2. The van der Waals surface area contributed by atoms with E-state index in [-0.39, 0.29) is 31.0 Å². The van der Waals surface area contributed by atoms with Crippen molar-refractivity contribution >= 4 is 28.8 Å². The van der Waals surface area contributed by atoms with Crippen LogP contribution in [0.3, 0.4) is 0 Å². The van der Waals surface area contributed by atoms with Gasteiger partial charge in [0.25, 0.3) is 5.91 Å². The van der Waals surface area contributed by atoms with Crippen molar-refractivity contribution in [2.75, 3.05) is 18.1 Å². The Bertz CT molecular complexity index is 847. The van der Waals surface area contributed by atoms with E-state index in [1.807, 2.05) is 45.9 Å². The minimum absolute atomic E-state index is 0.0158. The third-order valence-electron chi connectivity index (χ3n) is 4.40. The number of benzene rings is 1. The third-order valence-corrected chi connectivity index (χ3v) is 5.29. The number of aryl methyl sites for hydroxylation is 2. The summed E-state index contributed by atoms with van der Waals surface area (Å²) in [7, 11) is 0. The third kappa shape index (κ3) is 3.72. The number of hydrogen-bond acceptors (Lipinski definition) is 5. The van der Waals surface area contributed by atoms with E-state index in [4.69, 9.17) is 4.74 Å². The van der Waals surface area contributed by atoms with Gasteiger partial charge >= 0.3 is 0 Å². The lowest BCUT2D eigenvalue weighted by Gasteiger charge is -2.29. The molecule has 3 rings (SSSR count). The van der Waals surface area contributed by atoms with Crippen LogP contribution < -0.4 is 15.0 Å². The lowest BCUT2D eigenvalue weighted by Crippen LogP contribution is -2.46. The van der Waals surface area contributed by atoms with E-state index >= 15 is 0 Å². The van der Waals surface area contributed by atoms with Crippen LogP contribution in [0.2, 0.25) is 0 Å². The van der Waals surface area contributed by atoms with E-state index in [2.05, 4.69) is 10.3 Å². The minimum atomic E-state index is -0.222. The number of hydrogen-bond donors (Lipinski definition) is 1. The van der Waals surface area contributed by atoms with Crippen LogP contribution in [0.1, 0.15) is 30.2 Å². The van der Waals surface area contributed by atoms with Crippen molar-refractivity contribution in [2.45, 2.75) is 40.2 Å². The largest absolute Gasteiger partial charge is 0.482 e. The van der Waals surface area contributed by atoms with Gasteiger partial charge in [0.15, 0.2) is 6.61 Å². The van der Waals surface area contributed by atoms with Crippen molar-refractivity contribution in [3.8, 4) is 17.0 Å². The molecule has 1 atom stereocenters. The van der Waals surface area contributed by atoms with Crippen molar-refractivity contribution in [1.29, 1.82) is 0 Å². The number of aromatic nitrogens is 1. The van der Waals surface area contributed by atoms with E-state index in [0.717, 1.165) is 27.6 Å². The Balaban J connectivity index is 1.92. The number of thiazole rings is 1. The van der Waals surface area contributed by atoms with E-state index in [1.165, 1.54) is 4.90 Å². The SMILES string of the molecule is CCC(C)NC(=O)CN1C(=O)COc2ccc(-c3nc(C)sc3C)cc21. The average Bonchev–Trinajstić information content (AvgIpc) is 2.95. The Hall–Kier alpha value is -2.41. The molecule has 1 N–H and O–H groups in total. The molecule has 2 aromatic rings. The zero-order valence-corrected chi connectivity index (χ0v) is 16.3. The summed E-state index contributed by atoms with van der Waals surface area (Å²) in [6.07, 6.45) is 0.839. The number of ether oxygens (including phenoxy) is 1. The second-order valence-corrected chi connectivity index (χ2v) is 7.87. The summed E-state index contributed by atoms with van der Waals surface area (Å²) in [5, 5.41) is 3.90. The summed E-state index contributed by atoms with van der Waals surface area (Å²) in [6, 6.07) is 5.73. The standard InChI is InChI=1S/C19H23N3O3S/c1-5-11(2)20-17(23)9-22-15-8-14(19-12(3)26-13(4)21-19)6-7-16(15)25-10-18(22)24/h6-8,11H,5,9-10H2,1-4H3,(H,20,23). The first kappa shape index (κ1) is 18.4. The Morgan fingerprint density at radius 3 is 2.85 bits per heavy atom. The highest BCUT2D eigenvalue weighted by atomic mass is 32.1. The predicted octanol–water partition coefficient (Wildman–Crippen LogP) is 3.07. The Labute approximate surface area is 157 Å². The lowest BCUT2D eigenvalue weighted by atomic mass is 10.1. The van der Waals surface area contributed by atoms with Crippen LogP contribution in [0, 0.1) is 13.8 Å². The van der Waals surface area contributed by atoms with Gasteiger partial charge in [-0.25, -0.2) is 4.98 Å². The lowest BCUT2D eigenvalue weighted by molar-refractivity contribution is -0.125. The van der Waals surface area contributed by atoms with Gasteiger partial charge in [-0.2, -0.15) is 0 Å². The van der Waals surface area contributed by atoms with Crippen LogP contribution in [0.4, 0.5) is 5.69 Å². The molecule has 138 valence electrons. The molecule has 0 fully saturated rings. The van der Waals surface area contributed by atoms with Gasteiger partial charge in [0, 0.05) is 16.5 Å². The summed E-state index contributed by atoms with van der Waals surface area (Å²) in [5.41, 5.74) is 2.43. The maximum absolute atomic E-state index is 12.4. The molecule has 0 bridgehead atoms. The quantitative estimate of drug-likeness (QED) is 0.874. The van der Waals surface area contributed by atoms with Gasteiger partial charge in [0.1, 0.15) is 12.3 Å². The van der Waals surface area contributed by atoms with Crippen molar-refractivity contribution in [1.82, 2.24) is 10.3 Å². The number of carbonyl (C=O) groups excluding carboxylic acids is 2. The molecule has 0 saturated carbocycles. The predicted molar refractivity (Wildman–Crippen MR) is 103 cm³/mol. The van der Waals surface area contributed by atoms with E-state index in [9.17, 15) is 9.59 Å². The fourth-order valence-corrected chi connectivity index (χ4v) is 3.73. The van der Waals surface area contributed by atoms with Gasteiger partial charge in [-0.05, 0) is 45.4 Å². The number of rotatable bonds is 5. The first-order valence-electron chi connectivity index (χ1n) is 8.70. The zero-order chi connectivity index (χ0) is 18.8. The Morgan fingerprint density at radius 1 is 1.42 bits per heavy atom. The van der Waals surface area contributed by atoms with Crippen LogP contribution in [0.5, 0.6) is 5.75 Å². The van der Waals surface area contributed by atoms with Crippen molar-refractivity contribution in [3.05, 3.63) is 28.1 Å². The molecule has 1 aliphatic heterocycles. The highest BCUT2D eigenvalue weighted by molar-refractivity contribution is 7.11. The Morgan fingerprint density at radius 2 is 2.19 bits per heavy atom. The molecule has 1 aromatic heterocycles. The molecule has 7 heteroatoms. The van der Waals surface area contributed by atoms with E-state index < -0.39 is 0 Å². The van der Waals surface area contributed by atoms with E-state index in [1.54, 1.807) is 11.3 Å². The molecule has 0 aliphatic carbocycles. The molecule has 6 nitrogen and oxygen atoms in total. The summed E-state index contributed by atoms with van der Waals surface area (Å²) < 4.78 is 5.54. The normalized spacial score (nSPS) is 14.6. The molecule has 2 amide bonds. The molecule has 0 saturated heterocycles. The summed E-state index contributed by atoms with van der Waals surface area (Å²) in [5.74, 6) is 0.209. The Kier molecular flexibility index (Phi) is 5.27. The van der Waals surface area contributed by atoms with Crippen LogP contribution in [-0.4, -0.2) is 36.0 Å². The molecule has 0 spiro atoms. The maximum Gasteiger partial charge on any atom is 0.265 e. The second kappa shape index (κ2) is 7.45. The van der Waals surface area contributed by atoms with Crippen LogP contribution in [0.15, 0.2) is 18.2 Å². The molecule has 2 heterocycles. The average molecular weight is 373 g/mol. The highest BCUT2D eigenvalue weighted by Gasteiger charge is 2.28. The molecule has 0 radical (unpaired) electrons. The number of amides is 2. The molecule has 1 unspecified atom stereocenters. The number of nitrogens with one attached hydrogen (secondary N) is 1. The first-order valence-corrected chi connectivity index (χ1v) is 9.51. The van der Waals surface area contributed by atoms with Gasteiger partial charge in [-0.15, -0.1) is 11.3 Å². The van der Waals surface area contributed by atoms with Gasteiger partial charge in [-0.1, -0.05) is 6.92 Å². The second-order valence-electron chi connectivity index (χ2n) is 6.47. The fourth-order valence-electron chi connectivity index (χ4n) is 2.89. The summed E-state index contributed by atoms with van der Waals surface area (Å²) >= 11 is 1.64. The van der Waals surface area contributed by atoms with Gasteiger partial charge in [-0.3, -0.25) is 14.5 Å². The maximum atomic E-state index is 12.4. The molecule has 1 aliphatic rings. The molecule has 1 aromatic carbocycles. The first-order chi connectivity index (χ1) is 12.4.